The zero-order valence-corrected chi connectivity index (χ0v) is 12.4. The third-order valence-corrected chi connectivity index (χ3v) is 3.77. The number of hydrogen-bond acceptors (Lipinski definition) is 3. The average molecular weight is 255 g/mol. The number of Topliss-reactive ketones (excluding diaryl/α,β-unsaturated/α-hetero) is 1. The topological polar surface area (TPSA) is 46.6 Å². The zero-order chi connectivity index (χ0) is 14.1. The first-order valence-corrected chi connectivity index (χ1v) is 6.53. The molecule has 0 N–H and O–H groups in total. The molecule has 1 aliphatic rings. The molecule has 4 heteroatoms. The Labute approximate surface area is 110 Å². The first kappa shape index (κ1) is 15.0. The van der Waals surface area contributed by atoms with Crippen LogP contribution in [-0.4, -0.2) is 35.5 Å². The molecule has 0 spiro atoms. The Morgan fingerprint density at radius 2 is 1.72 bits per heavy atom. The van der Waals surface area contributed by atoms with Crippen molar-refractivity contribution in [1.29, 1.82) is 0 Å². The van der Waals surface area contributed by atoms with Crippen molar-refractivity contribution in [2.24, 2.45) is 11.3 Å². The number of nitrogens with zero attached hydrogens (tertiary/aromatic N) is 1. The molecule has 0 saturated carbocycles. The lowest BCUT2D eigenvalue weighted by atomic mass is 9.75. The van der Waals surface area contributed by atoms with Crippen LogP contribution in [0, 0.1) is 11.3 Å². The summed E-state index contributed by atoms with van der Waals surface area (Å²) in [5.41, 5.74) is -0.831. The van der Waals surface area contributed by atoms with Crippen LogP contribution in [0.5, 0.6) is 0 Å². The van der Waals surface area contributed by atoms with Gasteiger partial charge in [-0.05, 0) is 40.0 Å². The van der Waals surface area contributed by atoms with Gasteiger partial charge >= 0.3 is 6.09 Å². The van der Waals surface area contributed by atoms with Crippen LogP contribution in [0.15, 0.2) is 0 Å². The predicted octanol–water partition coefficient (Wildman–Crippen LogP) is 2.86. The van der Waals surface area contributed by atoms with Gasteiger partial charge in [-0.15, -0.1) is 0 Å². The molecular formula is C14H25NO3. The van der Waals surface area contributed by atoms with Gasteiger partial charge < -0.3 is 9.64 Å². The Morgan fingerprint density at radius 1 is 1.17 bits per heavy atom. The molecule has 0 radical (unpaired) electrons. The molecule has 1 rings (SSSR count). The second-order valence-electron chi connectivity index (χ2n) is 6.69. The van der Waals surface area contributed by atoms with Crippen LogP contribution in [0.3, 0.4) is 0 Å². The third-order valence-electron chi connectivity index (χ3n) is 3.77. The van der Waals surface area contributed by atoms with Gasteiger partial charge in [0.25, 0.3) is 0 Å². The fraction of sp³-hybridized carbons (Fsp3) is 0.857. The lowest BCUT2D eigenvalue weighted by molar-refractivity contribution is -0.127. The van der Waals surface area contributed by atoms with E-state index in [-0.39, 0.29) is 23.2 Å². The Hall–Kier alpha value is -1.06. The summed E-state index contributed by atoms with van der Waals surface area (Å²) in [5, 5.41) is 0. The molecule has 0 bridgehead atoms. The summed E-state index contributed by atoms with van der Waals surface area (Å²) in [5.74, 6) is 0.404. The maximum atomic E-state index is 11.9. The summed E-state index contributed by atoms with van der Waals surface area (Å²) >= 11 is 0. The maximum Gasteiger partial charge on any atom is 0.410 e. The van der Waals surface area contributed by atoms with E-state index in [0.29, 0.717) is 13.1 Å². The molecule has 1 fully saturated rings. The van der Waals surface area contributed by atoms with Crippen LogP contribution in [-0.2, 0) is 9.53 Å². The van der Waals surface area contributed by atoms with Gasteiger partial charge in [0, 0.05) is 18.5 Å². The van der Waals surface area contributed by atoms with Crippen molar-refractivity contribution in [1.82, 2.24) is 4.90 Å². The van der Waals surface area contributed by atoms with Crippen molar-refractivity contribution < 1.29 is 14.3 Å². The molecule has 1 heterocycles. The van der Waals surface area contributed by atoms with Crippen molar-refractivity contribution in [3.05, 3.63) is 0 Å². The van der Waals surface area contributed by atoms with E-state index in [0.717, 1.165) is 6.42 Å². The SMILES string of the molecule is CC(=O)C(C)(C)[C@H]1CCN(C(=O)OC(C)(C)C)C1. The Balaban J connectivity index is 2.62. The third kappa shape index (κ3) is 3.47. The zero-order valence-electron chi connectivity index (χ0n) is 12.4. The largest absolute Gasteiger partial charge is 0.444 e. The van der Waals surface area contributed by atoms with Crippen LogP contribution in [0.25, 0.3) is 0 Å². The molecule has 0 unspecified atom stereocenters. The van der Waals surface area contributed by atoms with E-state index in [1.54, 1.807) is 11.8 Å². The first-order valence-electron chi connectivity index (χ1n) is 6.53. The van der Waals surface area contributed by atoms with E-state index in [1.807, 2.05) is 34.6 Å². The molecule has 1 amide bonds. The number of likely N-dealkylation sites (tertiary alicyclic amines) is 1. The number of rotatable bonds is 2. The van der Waals surface area contributed by atoms with Crippen molar-refractivity contribution in [2.75, 3.05) is 13.1 Å². The summed E-state index contributed by atoms with van der Waals surface area (Å²) in [7, 11) is 0. The lowest BCUT2D eigenvalue weighted by Crippen LogP contribution is -2.38. The number of carbonyl (C=O) groups excluding carboxylic acids is 2. The van der Waals surface area contributed by atoms with Gasteiger partial charge in [-0.3, -0.25) is 4.79 Å². The van der Waals surface area contributed by atoms with Crippen LogP contribution in [0.1, 0.15) is 48.0 Å². The van der Waals surface area contributed by atoms with Gasteiger partial charge in [0.05, 0.1) is 0 Å². The molecule has 0 aliphatic carbocycles. The average Bonchev–Trinajstić information content (AvgIpc) is 2.63. The minimum Gasteiger partial charge on any atom is -0.444 e. The van der Waals surface area contributed by atoms with Gasteiger partial charge in [-0.25, -0.2) is 4.79 Å². The summed E-state index contributed by atoms with van der Waals surface area (Å²) < 4.78 is 5.35. The lowest BCUT2D eigenvalue weighted by Gasteiger charge is -2.29. The minimum absolute atomic E-state index is 0.179. The minimum atomic E-state index is -0.467. The van der Waals surface area contributed by atoms with E-state index in [9.17, 15) is 9.59 Å². The molecule has 104 valence electrons. The molecule has 0 aromatic carbocycles. The molecule has 18 heavy (non-hydrogen) atoms. The monoisotopic (exact) mass is 255 g/mol. The molecule has 1 saturated heterocycles. The molecule has 0 aromatic rings. The van der Waals surface area contributed by atoms with Gasteiger partial charge in [0.15, 0.2) is 0 Å². The van der Waals surface area contributed by atoms with Crippen molar-refractivity contribution >= 4 is 11.9 Å². The number of hydrogen-bond donors (Lipinski definition) is 0. The molecular weight excluding hydrogens is 230 g/mol. The van der Waals surface area contributed by atoms with E-state index in [4.69, 9.17) is 4.74 Å². The molecule has 0 aromatic heterocycles. The molecule has 4 nitrogen and oxygen atoms in total. The highest BCUT2D eigenvalue weighted by molar-refractivity contribution is 5.82. The summed E-state index contributed by atoms with van der Waals surface area (Å²) in [6.45, 7) is 12.4. The molecule has 1 aliphatic heterocycles. The van der Waals surface area contributed by atoms with E-state index in [2.05, 4.69) is 0 Å². The standard InChI is InChI=1S/C14H25NO3/c1-10(16)14(5,6)11-7-8-15(9-11)12(17)18-13(2,3)4/h11H,7-9H2,1-6H3/t11-/m0/s1. The second kappa shape index (κ2) is 4.90. The van der Waals surface area contributed by atoms with Crippen molar-refractivity contribution in [3.8, 4) is 0 Å². The summed E-state index contributed by atoms with van der Waals surface area (Å²) in [4.78, 5) is 25.3. The van der Waals surface area contributed by atoms with Gasteiger partial charge in [-0.1, -0.05) is 13.8 Å². The van der Waals surface area contributed by atoms with Crippen LogP contribution in [0.2, 0.25) is 0 Å². The summed E-state index contributed by atoms with van der Waals surface area (Å²) in [6.07, 6.45) is 0.593. The quantitative estimate of drug-likeness (QED) is 0.762. The Kier molecular flexibility index (Phi) is 4.08. The van der Waals surface area contributed by atoms with Gasteiger partial charge in [0.1, 0.15) is 11.4 Å². The predicted molar refractivity (Wildman–Crippen MR) is 70.4 cm³/mol. The number of ketones is 1. The van der Waals surface area contributed by atoms with Gasteiger partial charge in [-0.2, -0.15) is 0 Å². The second-order valence-corrected chi connectivity index (χ2v) is 6.69. The van der Waals surface area contributed by atoms with Crippen molar-refractivity contribution in [3.63, 3.8) is 0 Å². The Morgan fingerprint density at radius 3 is 2.17 bits per heavy atom. The fourth-order valence-electron chi connectivity index (χ4n) is 2.13. The number of ether oxygens (including phenoxy) is 1. The van der Waals surface area contributed by atoms with E-state index < -0.39 is 5.60 Å². The normalized spacial score (nSPS) is 21.0. The van der Waals surface area contributed by atoms with E-state index in [1.165, 1.54) is 0 Å². The highest BCUT2D eigenvalue weighted by atomic mass is 16.6. The van der Waals surface area contributed by atoms with Crippen LogP contribution < -0.4 is 0 Å². The van der Waals surface area contributed by atoms with Crippen LogP contribution >= 0.6 is 0 Å². The highest BCUT2D eigenvalue weighted by Gasteiger charge is 2.40. The van der Waals surface area contributed by atoms with Crippen molar-refractivity contribution in [2.45, 2.75) is 53.6 Å². The molecule has 1 atom stereocenters. The van der Waals surface area contributed by atoms with Crippen LogP contribution in [0.4, 0.5) is 4.79 Å². The smallest absolute Gasteiger partial charge is 0.410 e. The highest BCUT2D eigenvalue weighted by Crippen LogP contribution is 2.35. The maximum absolute atomic E-state index is 11.9. The Bertz CT molecular complexity index is 341. The van der Waals surface area contributed by atoms with E-state index >= 15 is 0 Å². The number of carbonyl (C=O) groups is 2. The van der Waals surface area contributed by atoms with Gasteiger partial charge in [0.2, 0.25) is 0 Å². The first-order chi connectivity index (χ1) is 8.04. The number of amides is 1. The summed E-state index contributed by atoms with van der Waals surface area (Å²) in [6, 6.07) is 0. The fourth-order valence-corrected chi connectivity index (χ4v) is 2.13.